The summed E-state index contributed by atoms with van der Waals surface area (Å²) >= 11 is 0. The zero-order chi connectivity index (χ0) is 21.8. The molecule has 0 saturated carbocycles. The predicted molar refractivity (Wildman–Crippen MR) is 110 cm³/mol. The normalized spacial score (nSPS) is 18.2. The molecule has 3 heterocycles. The van der Waals surface area contributed by atoms with E-state index in [1.165, 1.54) is 6.42 Å². The van der Waals surface area contributed by atoms with Crippen LogP contribution in [-0.4, -0.2) is 42.1 Å². The van der Waals surface area contributed by atoms with E-state index in [-0.39, 0.29) is 17.8 Å². The number of nitrogens with zero attached hydrogens (tertiary/aromatic N) is 4. The van der Waals surface area contributed by atoms with E-state index < -0.39 is 11.9 Å². The number of piperidine rings is 2. The molecule has 166 valence electrons. The van der Waals surface area contributed by atoms with Gasteiger partial charge in [0.2, 0.25) is 5.95 Å². The van der Waals surface area contributed by atoms with Crippen LogP contribution in [0, 0.1) is 5.92 Å². The van der Waals surface area contributed by atoms with Crippen molar-refractivity contribution >= 4 is 17.6 Å². The van der Waals surface area contributed by atoms with Crippen LogP contribution in [0.4, 0.5) is 24.8 Å². The number of hydrogen-bond acceptors (Lipinski definition) is 6. The molecule has 4 rings (SSSR count). The Labute approximate surface area is 179 Å². The first-order valence-corrected chi connectivity index (χ1v) is 10.6. The van der Waals surface area contributed by atoms with Crippen molar-refractivity contribution in [1.82, 2.24) is 9.97 Å². The molecule has 0 N–H and O–H groups in total. The molecule has 0 spiro atoms. The van der Waals surface area contributed by atoms with Gasteiger partial charge in [-0.3, -0.25) is 4.79 Å². The SMILES string of the molecule is O=C(Oc1ccccc1N1CCCCC1)C1CCN(c2nccc(C(F)(F)F)n2)CC1. The van der Waals surface area contributed by atoms with E-state index in [0.717, 1.165) is 43.9 Å². The first kappa shape index (κ1) is 21.4. The Morgan fingerprint density at radius 2 is 1.68 bits per heavy atom. The molecule has 2 fully saturated rings. The molecule has 0 unspecified atom stereocenters. The number of esters is 1. The summed E-state index contributed by atoms with van der Waals surface area (Å²) in [4.78, 5) is 24.3. The summed E-state index contributed by atoms with van der Waals surface area (Å²) in [5.74, 6) is 0.000610. The molecular formula is C22H25F3N4O2. The van der Waals surface area contributed by atoms with E-state index in [9.17, 15) is 18.0 Å². The van der Waals surface area contributed by atoms with E-state index in [0.29, 0.717) is 31.7 Å². The Kier molecular flexibility index (Phi) is 6.29. The average molecular weight is 434 g/mol. The fourth-order valence-corrected chi connectivity index (χ4v) is 4.11. The lowest BCUT2D eigenvalue weighted by Gasteiger charge is -2.32. The van der Waals surface area contributed by atoms with Gasteiger partial charge in [-0.15, -0.1) is 0 Å². The smallest absolute Gasteiger partial charge is 0.424 e. The lowest BCUT2D eigenvalue weighted by Crippen LogP contribution is -2.39. The van der Waals surface area contributed by atoms with Crippen LogP contribution in [0.2, 0.25) is 0 Å². The van der Waals surface area contributed by atoms with Crippen molar-refractivity contribution < 1.29 is 22.7 Å². The molecular weight excluding hydrogens is 409 g/mol. The van der Waals surface area contributed by atoms with Crippen molar-refractivity contribution in [3.05, 3.63) is 42.2 Å². The first-order valence-electron chi connectivity index (χ1n) is 10.6. The number of carbonyl (C=O) groups is 1. The summed E-state index contributed by atoms with van der Waals surface area (Å²) in [6.07, 6.45) is 1.02. The minimum Gasteiger partial charge on any atom is -0.424 e. The van der Waals surface area contributed by atoms with Crippen molar-refractivity contribution in [2.45, 2.75) is 38.3 Å². The second kappa shape index (κ2) is 9.11. The van der Waals surface area contributed by atoms with Gasteiger partial charge in [0, 0.05) is 32.4 Å². The average Bonchev–Trinajstić information content (AvgIpc) is 2.80. The highest BCUT2D eigenvalue weighted by molar-refractivity contribution is 5.77. The number of aromatic nitrogens is 2. The molecule has 31 heavy (non-hydrogen) atoms. The van der Waals surface area contributed by atoms with Gasteiger partial charge < -0.3 is 14.5 Å². The molecule has 0 radical (unpaired) electrons. The number of hydrogen-bond donors (Lipinski definition) is 0. The van der Waals surface area contributed by atoms with Crippen molar-refractivity contribution in [3.63, 3.8) is 0 Å². The van der Waals surface area contributed by atoms with E-state index in [1.54, 1.807) is 4.90 Å². The van der Waals surface area contributed by atoms with Crippen LogP contribution in [0.25, 0.3) is 0 Å². The Hall–Kier alpha value is -2.84. The molecule has 1 aromatic carbocycles. The Morgan fingerprint density at radius 1 is 0.968 bits per heavy atom. The number of halogens is 3. The van der Waals surface area contributed by atoms with Gasteiger partial charge in [0.25, 0.3) is 0 Å². The molecule has 6 nitrogen and oxygen atoms in total. The van der Waals surface area contributed by atoms with E-state index >= 15 is 0 Å². The summed E-state index contributed by atoms with van der Waals surface area (Å²) in [6, 6.07) is 8.43. The maximum atomic E-state index is 12.9. The largest absolute Gasteiger partial charge is 0.433 e. The van der Waals surface area contributed by atoms with Gasteiger partial charge in [-0.05, 0) is 50.3 Å². The van der Waals surface area contributed by atoms with E-state index in [1.807, 2.05) is 24.3 Å². The van der Waals surface area contributed by atoms with Gasteiger partial charge in [-0.1, -0.05) is 12.1 Å². The van der Waals surface area contributed by atoms with Gasteiger partial charge >= 0.3 is 12.1 Å². The minimum atomic E-state index is -4.51. The van der Waals surface area contributed by atoms with Crippen LogP contribution in [0.1, 0.15) is 37.8 Å². The zero-order valence-corrected chi connectivity index (χ0v) is 17.1. The highest BCUT2D eigenvalue weighted by Gasteiger charge is 2.34. The van der Waals surface area contributed by atoms with Crippen LogP contribution in [0.15, 0.2) is 36.5 Å². The number of anilines is 2. The van der Waals surface area contributed by atoms with Crippen LogP contribution < -0.4 is 14.5 Å². The lowest BCUT2D eigenvalue weighted by atomic mass is 9.97. The molecule has 9 heteroatoms. The Balaban J connectivity index is 1.37. The van der Waals surface area contributed by atoms with E-state index in [4.69, 9.17) is 4.74 Å². The molecule has 2 aliphatic rings. The Bertz CT molecular complexity index is 908. The summed E-state index contributed by atoms with van der Waals surface area (Å²) in [5.41, 5.74) is -0.0290. The van der Waals surface area contributed by atoms with Crippen molar-refractivity contribution in [1.29, 1.82) is 0 Å². The van der Waals surface area contributed by atoms with Crippen molar-refractivity contribution in [2.24, 2.45) is 5.92 Å². The third-order valence-corrected chi connectivity index (χ3v) is 5.82. The van der Waals surface area contributed by atoms with Crippen LogP contribution in [0.5, 0.6) is 5.75 Å². The fraction of sp³-hybridized carbons (Fsp3) is 0.500. The minimum absolute atomic E-state index is 0.0390. The van der Waals surface area contributed by atoms with Crippen LogP contribution in [0.3, 0.4) is 0 Å². The molecule has 2 saturated heterocycles. The quantitative estimate of drug-likeness (QED) is 0.528. The fourth-order valence-electron chi connectivity index (χ4n) is 4.11. The summed E-state index contributed by atoms with van der Waals surface area (Å²) in [6.45, 7) is 2.69. The number of ether oxygens (including phenoxy) is 1. The molecule has 2 aliphatic heterocycles. The van der Waals surface area contributed by atoms with Gasteiger partial charge in [0.15, 0.2) is 5.75 Å². The highest BCUT2D eigenvalue weighted by atomic mass is 19.4. The van der Waals surface area contributed by atoms with Gasteiger partial charge in [0.05, 0.1) is 11.6 Å². The van der Waals surface area contributed by atoms with Gasteiger partial charge in [0.1, 0.15) is 5.69 Å². The maximum Gasteiger partial charge on any atom is 0.433 e. The second-order valence-electron chi connectivity index (χ2n) is 7.94. The van der Waals surface area contributed by atoms with Crippen LogP contribution >= 0.6 is 0 Å². The predicted octanol–water partition coefficient (Wildman–Crippen LogP) is 4.31. The molecule has 0 amide bonds. The third kappa shape index (κ3) is 5.08. The first-order chi connectivity index (χ1) is 14.9. The number of rotatable bonds is 4. The number of carbonyl (C=O) groups excluding carboxylic acids is 1. The van der Waals surface area contributed by atoms with Gasteiger partial charge in [-0.25, -0.2) is 9.97 Å². The molecule has 0 aliphatic carbocycles. The number of alkyl halides is 3. The number of benzene rings is 1. The van der Waals surface area contributed by atoms with Crippen molar-refractivity contribution in [3.8, 4) is 5.75 Å². The maximum absolute atomic E-state index is 12.9. The Morgan fingerprint density at radius 3 is 2.39 bits per heavy atom. The second-order valence-corrected chi connectivity index (χ2v) is 7.94. The van der Waals surface area contributed by atoms with Crippen molar-refractivity contribution in [2.75, 3.05) is 36.0 Å². The lowest BCUT2D eigenvalue weighted by molar-refractivity contribution is -0.141. The topological polar surface area (TPSA) is 58.6 Å². The zero-order valence-electron chi connectivity index (χ0n) is 17.1. The third-order valence-electron chi connectivity index (χ3n) is 5.82. The van der Waals surface area contributed by atoms with E-state index in [2.05, 4.69) is 14.9 Å². The standard InChI is InChI=1S/C22H25F3N4O2/c23-22(24,25)19-8-11-26-21(27-19)29-14-9-16(10-15-29)20(30)31-18-7-3-2-6-17(18)28-12-4-1-5-13-28/h2-3,6-8,11,16H,1,4-5,9-10,12-15H2. The summed E-state index contributed by atoms with van der Waals surface area (Å²) < 4.78 is 44.5. The number of para-hydroxylation sites is 2. The monoisotopic (exact) mass is 434 g/mol. The summed E-state index contributed by atoms with van der Waals surface area (Å²) in [7, 11) is 0. The molecule has 2 aromatic rings. The summed E-state index contributed by atoms with van der Waals surface area (Å²) in [5, 5.41) is 0. The van der Waals surface area contributed by atoms with Gasteiger partial charge in [-0.2, -0.15) is 13.2 Å². The molecule has 1 aromatic heterocycles. The molecule has 0 atom stereocenters. The molecule has 0 bridgehead atoms. The van der Waals surface area contributed by atoms with Crippen LogP contribution in [-0.2, 0) is 11.0 Å². The highest BCUT2D eigenvalue weighted by Crippen LogP contribution is 2.32.